The van der Waals surface area contributed by atoms with Crippen LogP contribution in [0.2, 0.25) is 10.0 Å². The van der Waals surface area contributed by atoms with Crippen molar-refractivity contribution in [3.63, 3.8) is 0 Å². The molecule has 1 unspecified atom stereocenters. The molecule has 0 bridgehead atoms. The Labute approximate surface area is 122 Å². The van der Waals surface area contributed by atoms with E-state index in [1.807, 2.05) is 24.3 Å². The summed E-state index contributed by atoms with van der Waals surface area (Å²) in [6.45, 7) is 0. The molecule has 0 fully saturated rings. The van der Waals surface area contributed by atoms with Crippen molar-refractivity contribution in [1.82, 2.24) is 0 Å². The molecule has 4 heteroatoms. The Balaban J connectivity index is 1.98. The number of hydrogen-bond acceptors (Lipinski definition) is 2. The molecule has 0 heterocycles. The molecule has 0 aliphatic rings. The summed E-state index contributed by atoms with van der Waals surface area (Å²) in [5.41, 5.74) is 8.30. The Bertz CT molecular complexity index is 555. The molecule has 0 aliphatic carbocycles. The van der Waals surface area contributed by atoms with Crippen molar-refractivity contribution in [2.75, 3.05) is 0 Å². The molecule has 0 radical (unpaired) electrons. The Morgan fingerprint density at radius 2 is 1.47 bits per heavy atom. The van der Waals surface area contributed by atoms with E-state index in [1.165, 1.54) is 0 Å². The molecule has 0 saturated carbocycles. The van der Waals surface area contributed by atoms with Gasteiger partial charge in [0, 0.05) is 6.04 Å². The second kappa shape index (κ2) is 6.29. The van der Waals surface area contributed by atoms with Crippen molar-refractivity contribution in [2.24, 2.45) is 5.73 Å². The molecular formula is C15H15Cl2NO. The minimum absolute atomic E-state index is 0.00165. The number of benzene rings is 2. The van der Waals surface area contributed by atoms with E-state index in [1.54, 1.807) is 18.2 Å². The van der Waals surface area contributed by atoms with Crippen molar-refractivity contribution in [3.05, 3.63) is 63.6 Å². The first-order chi connectivity index (χ1) is 9.04. The number of rotatable bonds is 4. The maximum absolute atomic E-state index is 9.22. The summed E-state index contributed by atoms with van der Waals surface area (Å²) in [6.07, 6.45) is 1.48. The first-order valence-corrected chi connectivity index (χ1v) is 6.77. The van der Waals surface area contributed by atoms with E-state index >= 15 is 0 Å². The number of hydrogen-bond donors (Lipinski definition) is 2. The minimum atomic E-state index is 0.00165. The second-order valence-electron chi connectivity index (χ2n) is 4.58. The summed E-state index contributed by atoms with van der Waals surface area (Å²) < 4.78 is 0. The number of nitrogens with two attached hydrogens (primary N) is 1. The molecule has 3 N–H and O–H groups in total. The lowest BCUT2D eigenvalue weighted by Gasteiger charge is -2.12. The van der Waals surface area contributed by atoms with Crippen molar-refractivity contribution < 1.29 is 5.11 Å². The van der Waals surface area contributed by atoms with Crippen molar-refractivity contribution in [2.45, 2.75) is 18.9 Å². The summed E-state index contributed by atoms with van der Waals surface area (Å²) in [4.78, 5) is 0. The molecule has 19 heavy (non-hydrogen) atoms. The van der Waals surface area contributed by atoms with Gasteiger partial charge < -0.3 is 10.8 Å². The monoisotopic (exact) mass is 295 g/mol. The summed E-state index contributed by atoms with van der Waals surface area (Å²) >= 11 is 11.8. The standard InChI is InChI=1S/C15H15Cl2NO/c16-14-6-3-11(9-15(14)17)8-12(18)7-10-1-4-13(19)5-2-10/h1-6,9,12,19H,7-8,18H2. The molecule has 1 atom stereocenters. The van der Waals surface area contributed by atoms with E-state index in [4.69, 9.17) is 28.9 Å². The van der Waals surface area contributed by atoms with Crippen LogP contribution in [0.4, 0.5) is 0 Å². The number of phenolic OH excluding ortho intramolecular Hbond substituents is 1. The van der Waals surface area contributed by atoms with Crippen LogP contribution in [0.15, 0.2) is 42.5 Å². The van der Waals surface area contributed by atoms with Crippen LogP contribution in [0, 0.1) is 0 Å². The van der Waals surface area contributed by atoms with Gasteiger partial charge in [0.15, 0.2) is 0 Å². The molecule has 0 spiro atoms. The van der Waals surface area contributed by atoms with Gasteiger partial charge in [0.25, 0.3) is 0 Å². The van der Waals surface area contributed by atoms with Crippen LogP contribution in [-0.4, -0.2) is 11.1 Å². The number of aromatic hydroxyl groups is 1. The summed E-state index contributed by atoms with van der Waals surface area (Å²) in [7, 11) is 0. The van der Waals surface area contributed by atoms with Crippen LogP contribution < -0.4 is 5.73 Å². The van der Waals surface area contributed by atoms with Crippen LogP contribution in [0.5, 0.6) is 5.75 Å². The minimum Gasteiger partial charge on any atom is -0.508 e. The zero-order valence-electron chi connectivity index (χ0n) is 10.3. The van der Waals surface area contributed by atoms with Crippen LogP contribution in [-0.2, 0) is 12.8 Å². The van der Waals surface area contributed by atoms with E-state index in [0.717, 1.165) is 24.0 Å². The fraction of sp³-hybridized carbons (Fsp3) is 0.200. The van der Waals surface area contributed by atoms with Crippen LogP contribution >= 0.6 is 23.2 Å². The van der Waals surface area contributed by atoms with Gasteiger partial charge in [-0.3, -0.25) is 0 Å². The smallest absolute Gasteiger partial charge is 0.115 e. The number of phenols is 1. The maximum Gasteiger partial charge on any atom is 0.115 e. The molecule has 2 rings (SSSR count). The molecule has 2 aromatic rings. The van der Waals surface area contributed by atoms with E-state index in [-0.39, 0.29) is 11.8 Å². The Hall–Kier alpha value is -1.22. The first kappa shape index (κ1) is 14.2. The van der Waals surface area contributed by atoms with Crippen LogP contribution in [0.25, 0.3) is 0 Å². The van der Waals surface area contributed by atoms with Crippen molar-refractivity contribution >= 4 is 23.2 Å². The highest BCUT2D eigenvalue weighted by Gasteiger charge is 2.07. The third kappa shape index (κ3) is 4.13. The van der Waals surface area contributed by atoms with Crippen LogP contribution in [0.1, 0.15) is 11.1 Å². The lowest BCUT2D eigenvalue weighted by Crippen LogP contribution is -2.25. The molecule has 100 valence electrons. The summed E-state index contributed by atoms with van der Waals surface area (Å²) in [6, 6.07) is 12.7. The molecule has 2 nitrogen and oxygen atoms in total. The maximum atomic E-state index is 9.22. The predicted molar refractivity (Wildman–Crippen MR) is 80.0 cm³/mol. The van der Waals surface area contributed by atoms with Crippen molar-refractivity contribution in [1.29, 1.82) is 0 Å². The zero-order valence-corrected chi connectivity index (χ0v) is 11.8. The molecule has 0 amide bonds. The highest BCUT2D eigenvalue weighted by molar-refractivity contribution is 6.42. The highest BCUT2D eigenvalue weighted by atomic mass is 35.5. The average Bonchev–Trinajstić information content (AvgIpc) is 2.37. The third-order valence-corrected chi connectivity index (χ3v) is 3.66. The molecular weight excluding hydrogens is 281 g/mol. The van der Waals surface area contributed by atoms with Gasteiger partial charge in [-0.15, -0.1) is 0 Å². The third-order valence-electron chi connectivity index (χ3n) is 2.92. The van der Waals surface area contributed by atoms with Gasteiger partial charge in [0.05, 0.1) is 10.0 Å². The summed E-state index contributed by atoms with van der Waals surface area (Å²) in [5.74, 6) is 0.266. The van der Waals surface area contributed by atoms with Crippen LogP contribution in [0.3, 0.4) is 0 Å². The lowest BCUT2D eigenvalue weighted by molar-refractivity contribution is 0.475. The van der Waals surface area contributed by atoms with Crippen molar-refractivity contribution in [3.8, 4) is 5.75 Å². The fourth-order valence-corrected chi connectivity index (χ4v) is 2.30. The van der Waals surface area contributed by atoms with Gasteiger partial charge in [-0.05, 0) is 48.2 Å². The van der Waals surface area contributed by atoms with Gasteiger partial charge in [-0.2, -0.15) is 0 Å². The van der Waals surface area contributed by atoms with E-state index in [9.17, 15) is 5.11 Å². The number of halogens is 2. The van der Waals surface area contributed by atoms with E-state index < -0.39 is 0 Å². The highest BCUT2D eigenvalue weighted by Crippen LogP contribution is 2.23. The van der Waals surface area contributed by atoms with Gasteiger partial charge >= 0.3 is 0 Å². The lowest BCUT2D eigenvalue weighted by atomic mass is 10.00. The molecule has 0 aliphatic heterocycles. The van der Waals surface area contributed by atoms with Gasteiger partial charge in [0.1, 0.15) is 5.75 Å². The molecule has 0 aromatic heterocycles. The Morgan fingerprint density at radius 1 is 0.895 bits per heavy atom. The van der Waals surface area contributed by atoms with Gasteiger partial charge in [-0.25, -0.2) is 0 Å². The topological polar surface area (TPSA) is 46.2 Å². The largest absolute Gasteiger partial charge is 0.508 e. The SMILES string of the molecule is NC(Cc1ccc(O)cc1)Cc1ccc(Cl)c(Cl)c1. The second-order valence-corrected chi connectivity index (χ2v) is 5.40. The molecule has 0 saturated heterocycles. The van der Waals surface area contributed by atoms with E-state index in [2.05, 4.69) is 0 Å². The summed E-state index contributed by atoms with van der Waals surface area (Å²) in [5, 5.41) is 10.3. The predicted octanol–water partition coefficient (Wildman–Crippen LogP) is 3.81. The quantitative estimate of drug-likeness (QED) is 0.901. The first-order valence-electron chi connectivity index (χ1n) is 6.02. The van der Waals surface area contributed by atoms with E-state index in [0.29, 0.717) is 10.0 Å². The molecule has 2 aromatic carbocycles. The fourth-order valence-electron chi connectivity index (χ4n) is 1.98. The normalized spacial score (nSPS) is 12.4. The Kier molecular flexibility index (Phi) is 4.70. The zero-order chi connectivity index (χ0) is 13.8. The van der Waals surface area contributed by atoms with Gasteiger partial charge in [-0.1, -0.05) is 41.4 Å². The average molecular weight is 296 g/mol. The van der Waals surface area contributed by atoms with Gasteiger partial charge in [0.2, 0.25) is 0 Å². The Morgan fingerprint density at radius 3 is 2.11 bits per heavy atom.